The Kier molecular flexibility index (Phi) is 3.15. The normalized spacial score (nSPS) is 20.8. The van der Waals surface area contributed by atoms with Gasteiger partial charge in [-0.25, -0.2) is 0 Å². The minimum absolute atomic E-state index is 0.254. The fourth-order valence-corrected chi connectivity index (χ4v) is 2.48. The molecule has 0 saturated heterocycles. The van der Waals surface area contributed by atoms with Gasteiger partial charge >= 0.3 is 0 Å². The first-order valence-corrected chi connectivity index (χ1v) is 6.12. The third-order valence-electron chi connectivity index (χ3n) is 3.59. The Morgan fingerprint density at radius 2 is 1.75 bits per heavy atom. The minimum Gasteiger partial charge on any atom is -0.324 e. The molecule has 0 amide bonds. The second-order valence-corrected chi connectivity index (χ2v) is 5.00. The molecule has 1 aromatic carbocycles. The molecule has 0 bridgehead atoms. The maximum Gasteiger partial charge on any atom is 0.0229 e. The van der Waals surface area contributed by atoms with Crippen molar-refractivity contribution >= 4 is 5.57 Å². The molecule has 1 aliphatic rings. The van der Waals surface area contributed by atoms with Gasteiger partial charge in [0.1, 0.15) is 0 Å². The van der Waals surface area contributed by atoms with E-state index >= 15 is 0 Å². The lowest BCUT2D eigenvalue weighted by Crippen LogP contribution is -2.20. The van der Waals surface area contributed by atoms with E-state index in [0.29, 0.717) is 0 Å². The average molecular weight is 215 g/mol. The highest BCUT2D eigenvalue weighted by atomic mass is 14.6. The summed E-state index contributed by atoms with van der Waals surface area (Å²) in [7, 11) is 0. The van der Waals surface area contributed by atoms with E-state index in [9.17, 15) is 0 Å². The van der Waals surface area contributed by atoms with Gasteiger partial charge in [0.15, 0.2) is 0 Å². The zero-order chi connectivity index (χ0) is 11.7. The molecular formula is C15H21N. The van der Waals surface area contributed by atoms with Gasteiger partial charge in [-0.15, -0.1) is 0 Å². The standard InChI is InChI=1S/C15H21N/c1-10-7-12(3)15(8-11(10)2)13-5-4-6-14(16)9-13/h7-9,14H,4-6,16H2,1-3H3. The largest absolute Gasteiger partial charge is 0.324 e. The summed E-state index contributed by atoms with van der Waals surface area (Å²) in [6.07, 6.45) is 5.78. The third kappa shape index (κ3) is 2.19. The Hall–Kier alpha value is -1.08. The molecule has 2 N–H and O–H groups in total. The lowest BCUT2D eigenvalue weighted by atomic mass is 9.87. The van der Waals surface area contributed by atoms with Gasteiger partial charge in [-0.05, 0) is 67.9 Å². The number of nitrogens with two attached hydrogens (primary N) is 1. The van der Waals surface area contributed by atoms with Crippen LogP contribution in [0.25, 0.3) is 5.57 Å². The lowest BCUT2D eigenvalue weighted by molar-refractivity contribution is 0.654. The van der Waals surface area contributed by atoms with Crippen molar-refractivity contribution in [3.63, 3.8) is 0 Å². The van der Waals surface area contributed by atoms with Crippen molar-refractivity contribution in [1.29, 1.82) is 0 Å². The quantitative estimate of drug-likeness (QED) is 0.762. The molecule has 1 aliphatic carbocycles. The van der Waals surface area contributed by atoms with Gasteiger partial charge in [0.25, 0.3) is 0 Å². The van der Waals surface area contributed by atoms with E-state index in [1.807, 2.05) is 0 Å². The number of aryl methyl sites for hydroxylation is 3. The maximum atomic E-state index is 6.00. The van der Waals surface area contributed by atoms with Crippen LogP contribution in [0.3, 0.4) is 0 Å². The number of hydrogen-bond acceptors (Lipinski definition) is 1. The fraction of sp³-hybridized carbons (Fsp3) is 0.467. The first-order chi connectivity index (χ1) is 7.58. The molecule has 1 heteroatoms. The molecule has 0 fully saturated rings. The van der Waals surface area contributed by atoms with Gasteiger partial charge in [0.05, 0.1) is 0 Å². The van der Waals surface area contributed by atoms with Gasteiger partial charge < -0.3 is 5.73 Å². The summed E-state index contributed by atoms with van der Waals surface area (Å²) < 4.78 is 0. The van der Waals surface area contributed by atoms with Gasteiger partial charge in [-0.2, -0.15) is 0 Å². The molecule has 86 valence electrons. The molecule has 0 spiro atoms. The van der Waals surface area contributed by atoms with Crippen molar-refractivity contribution in [3.8, 4) is 0 Å². The number of hydrogen-bond donors (Lipinski definition) is 1. The van der Waals surface area contributed by atoms with Crippen LogP contribution in [-0.4, -0.2) is 6.04 Å². The van der Waals surface area contributed by atoms with Crippen LogP contribution in [0.1, 0.15) is 41.5 Å². The highest BCUT2D eigenvalue weighted by Gasteiger charge is 2.13. The van der Waals surface area contributed by atoms with Crippen molar-refractivity contribution in [2.45, 2.75) is 46.1 Å². The van der Waals surface area contributed by atoms with Gasteiger partial charge in [0, 0.05) is 6.04 Å². The van der Waals surface area contributed by atoms with E-state index in [4.69, 9.17) is 5.73 Å². The SMILES string of the molecule is Cc1cc(C)c(C2=CC(N)CCC2)cc1C. The van der Waals surface area contributed by atoms with Crippen LogP contribution in [0, 0.1) is 20.8 Å². The number of benzene rings is 1. The second-order valence-electron chi connectivity index (χ2n) is 5.00. The van der Waals surface area contributed by atoms with Crippen LogP contribution in [0.15, 0.2) is 18.2 Å². The first kappa shape index (κ1) is 11.4. The summed E-state index contributed by atoms with van der Waals surface area (Å²) in [5.41, 5.74) is 13.0. The van der Waals surface area contributed by atoms with Crippen LogP contribution in [-0.2, 0) is 0 Å². The summed E-state index contributed by atoms with van der Waals surface area (Å²) in [5, 5.41) is 0. The predicted octanol–water partition coefficient (Wildman–Crippen LogP) is 3.51. The summed E-state index contributed by atoms with van der Waals surface area (Å²) in [6.45, 7) is 6.55. The van der Waals surface area contributed by atoms with Crippen molar-refractivity contribution in [3.05, 3.63) is 40.5 Å². The zero-order valence-corrected chi connectivity index (χ0v) is 10.5. The second kappa shape index (κ2) is 4.42. The van der Waals surface area contributed by atoms with Gasteiger partial charge in [-0.1, -0.05) is 18.2 Å². The average Bonchev–Trinajstić information content (AvgIpc) is 2.23. The Morgan fingerprint density at radius 3 is 2.44 bits per heavy atom. The molecule has 1 unspecified atom stereocenters. The van der Waals surface area contributed by atoms with E-state index in [2.05, 4.69) is 39.0 Å². The smallest absolute Gasteiger partial charge is 0.0229 e. The van der Waals surface area contributed by atoms with Crippen LogP contribution in [0.5, 0.6) is 0 Å². The third-order valence-corrected chi connectivity index (χ3v) is 3.59. The Balaban J connectivity index is 2.44. The fourth-order valence-electron chi connectivity index (χ4n) is 2.48. The van der Waals surface area contributed by atoms with Crippen molar-refractivity contribution in [2.75, 3.05) is 0 Å². The summed E-state index contributed by atoms with van der Waals surface area (Å²) in [4.78, 5) is 0. The topological polar surface area (TPSA) is 26.0 Å². The van der Waals surface area contributed by atoms with E-state index in [1.165, 1.54) is 40.7 Å². The number of rotatable bonds is 1. The molecule has 1 atom stereocenters. The molecule has 1 nitrogen and oxygen atoms in total. The molecule has 1 aromatic rings. The van der Waals surface area contributed by atoms with E-state index in [1.54, 1.807) is 0 Å². The minimum atomic E-state index is 0.254. The zero-order valence-electron chi connectivity index (χ0n) is 10.5. The molecule has 0 saturated carbocycles. The van der Waals surface area contributed by atoms with Crippen LogP contribution in [0.2, 0.25) is 0 Å². The monoisotopic (exact) mass is 215 g/mol. The van der Waals surface area contributed by atoms with E-state index in [-0.39, 0.29) is 6.04 Å². The maximum absolute atomic E-state index is 6.00. The lowest BCUT2D eigenvalue weighted by Gasteiger charge is -2.20. The van der Waals surface area contributed by atoms with Gasteiger partial charge in [-0.3, -0.25) is 0 Å². The Bertz CT molecular complexity index is 429. The molecule has 0 heterocycles. The Labute approximate surface area is 98.4 Å². The molecule has 16 heavy (non-hydrogen) atoms. The van der Waals surface area contributed by atoms with Crippen LogP contribution < -0.4 is 5.73 Å². The predicted molar refractivity (Wildman–Crippen MR) is 70.5 cm³/mol. The van der Waals surface area contributed by atoms with Crippen molar-refractivity contribution < 1.29 is 0 Å². The molecule has 0 aromatic heterocycles. The summed E-state index contributed by atoms with van der Waals surface area (Å²) >= 11 is 0. The molecule has 0 radical (unpaired) electrons. The summed E-state index contributed by atoms with van der Waals surface area (Å²) in [5.74, 6) is 0. The van der Waals surface area contributed by atoms with E-state index < -0.39 is 0 Å². The van der Waals surface area contributed by atoms with Gasteiger partial charge in [0.2, 0.25) is 0 Å². The first-order valence-electron chi connectivity index (χ1n) is 6.12. The summed E-state index contributed by atoms with van der Waals surface area (Å²) in [6, 6.07) is 4.85. The number of allylic oxidation sites excluding steroid dienone is 1. The van der Waals surface area contributed by atoms with E-state index in [0.717, 1.165) is 6.42 Å². The molecular weight excluding hydrogens is 194 g/mol. The van der Waals surface area contributed by atoms with Crippen LogP contribution >= 0.6 is 0 Å². The highest BCUT2D eigenvalue weighted by molar-refractivity contribution is 5.70. The molecule has 0 aliphatic heterocycles. The van der Waals surface area contributed by atoms with Crippen molar-refractivity contribution in [1.82, 2.24) is 0 Å². The van der Waals surface area contributed by atoms with Crippen LogP contribution in [0.4, 0.5) is 0 Å². The molecule has 2 rings (SSSR count). The highest BCUT2D eigenvalue weighted by Crippen LogP contribution is 2.30. The Morgan fingerprint density at radius 1 is 1.06 bits per heavy atom. The van der Waals surface area contributed by atoms with Crippen molar-refractivity contribution in [2.24, 2.45) is 5.73 Å².